The monoisotopic (exact) mass is 278 g/mol. The SMILES string of the molecule is COc1c(C(O)CC(C)CC(C)(C)C)ccc(C)c1C. The van der Waals surface area contributed by atoms with Gasteiger partial charge in [-0.05, 0) is 49.1 Å². The molecule has 0 radical (unpaired) electrons. The summed E-state index contributed by atoms with van der Waals surface area (Å²) >= 11 is 0. The van der Waals surface area contributed by atoms with Crippen LogP contribution in [0.3, 0.4) is 0 Å². The number of aliphatic hydroxyl groups excluding tert-OH is 1. The normalized spacial score (nSPS) is 15.0. The van der Waals surface area contributed by atoms with Crippen LogP contribution in [0.1, 0.15) is 63.3 Å². The molecule has 1 rings (SSSR count). The number of hydrogen-bond donors (Lipinski definition) is 1. The van der Waals surface area contributed by atoms with E-state index in [1.165, 1.54) is 5.56 Å². The molecule has 2 heteroatoms. The number of hydrogen-bond acceptors (Lipinski definition) is 2. The maximum absolute atomic E-state index is 10.5. The molecule has 0 spiro atoms. The first-order valence-corrected chi connectivity index (χ1v) is 7.48. The third-order valence-electron chi connectivity index (χ3n) is 3.86. The van der Waals surface area contributed by atoms with Crippen LogP contribution in [-0.4, -0.2) is 12.2 Å². The predicted octanol–water partition coefficient (Wildman–Crippen LogP) is 4.81. The van der Waals surface area contributed by atoms with Crippen LogP contribution in [0.5, 0.6) is 5.75 Å². The first-order chi connectivity index (χ1) is 9.15. The van der Waals surface area contributed by atoms with Crippen molar-refractivity contribution < 1.29 is 9.84 Å². The van der Waals surface area contributed by atoms with Gasteiger partial charge in [0.1, 0.15) is 5.75 Å². The number of aryl methyl sites for hydroxylation is 1. The molecule has 0 aliphatic carbocycles. The van der Waals surface area contributed by atoms with Gasteiger partial charge in [0.15, 0.2) is 0 Å². The van der Waals surface area contributed by atoms with E-state index < -0.39 is 6.10 Å². The number of methoxy groups -OCH3 is 1. The highest BCUT2D eigenvalue weighted by molar-refractivity contribution is 5.46. The molecule has 2 atom stereocenters. The van der Waals surface area contributed by atoms with Gasteiger partial charge in [0, 0.05) is 5.56 Å². The Bertz CT molecular complexity index is 443. The van der Waals surface area contributed by atoms with Crippen molar-refractivity contribution in [3.8, 4) is 5.75 Å². The van der Waals surface area contributed by atoms with Gasteiger partial charge in [0.25, 0.3) is 0 Å². The van der Waals surface area contributed by atoms with Crippen molar-refractivity contribution in [1.29, 1.82) is 0 Å². The third-order valence-corrected chi connectivity index (χ3v) is 3.86. The first-order valence-electron chi connectivity index (χ1n) is 7.48. The van der Waals surface area contributed by atoms with Gasteiger partial charge in [-0.1, -0.05) is 39.8 Å². The van der Waals surface area contributed by atoms with E-state index in [2.05, 4.69) is 40.7 Å². The summed E-state index contributed by atoms with van der Waals surface area (Å²) in [6.45, 7) is 13.0. The van der Waals surface area contributed by atoms with E-state index in [0.29, 0.717) is 11.3 Å². The molecule has 20 heavy (non-hydrogen) atoms. The molecule has 0 aromatic heterocycles. The molecule has 114 valence electrons. The lowest BCUT2D eigenvalue weighted by atomic mass is 9.82. The molecular weight excluding hydrogens is 248 g/mol. The number of rotatable bonds is 5. The van der Waals surface area contributed by atoms with Gasteiger partial charge < -0.3 is 9.84 Å². The highest BCUT2D eigenvalue weighted by Crippen LogP contribution is 2.36. The Balaban J connectivity index is 2.87. The second kappa shape index (κ2) is 6.62. The van der Waals surface area contributed by atoms with Crippen molar-refractivity contribution in [2.75, 3.05) is 7.11 Å². The molecule has 2 nitrogen and oxygen atoms in total. The molecule has 0 heterocycles. The molecule has 0 fully saturated rings. The first kappa shape index (κ1) is 17.0. The van der Waals surface area contributed by atoms with Gasteiger partial charge in [-0.3, -0.25) is 0 Å². The summed E-state index contributed by atoms with van der Waals surface area (Å²) < 4.78 is 5.50. The Labute approximate surface area is 124 Å². The van der Waals surface area contributed by atoms with Gasteiger partial charge in [0.2, 0.25) is 0 Å². The summed E-state index contributed by atoms with van der Waals surface area (Å²) in [5, 5.41) is 10.5. The minimum atomic E-state index is -0.457. The Hall–Kier alpha value is -1.02. The average Bonchev–Trinajstić information content (AvgIpc) is 2.29. The van der Waals surface area contributed by atoms with Gasteiger partial charge in [-0.25, -0.2) is 0 Å². The summed E-state index contributed by atoms with van der Waals surface area (Å²) in [5.74, 6) is 1.32. The fourth-order valence-electron chi connectivity index (χ4n) is 2.98. The topological polar surface area (TPSA) is 29.5 Å². The van der Waals surface area contributed by atoms with Crippen molar-refractivity contribution in [1.82, 2.24) is 0 Å². The van der Waals surface area contributed by atoms with Crippen molar-refractivity contribution >= 4 is 0 Å². The van der Waals surface area contributed by atoms with Gasteiger partial charge in [-0.15, -0.1) is 0 Å². The molecule has 0 saturated carbocycles. The molecule has 2 unspecified atom stereocenters. The molecule has 1 N–H and O–H groups in total. The van der Waals surface area contributed by atoms with Crippen molar-refractivity contribution in [3.63, 3.8) is 0 Å². The smallest absolute Gasteiger partial charge is 0.127 e. The fraction of sp³-hybridized carbons (Fsp3) is 0.667. The molecule has 0 bridgehead atoms. The van der Waals surface area contributed by atoms with Crippen LogP contribution in [0.2, 0.25) is 0 Å². The van der Waals surface area contributed by atoms with E-state index in [1.54, 1.807) is 7.11 Å². The van der Waals surface area contributed by atoms with Crippen LogP contribution in [-0.2, 0) is 0 Å². The molecule has 0 aliphatic rings. The minimum Gasteiger partial charge on any atom is -0.496 e. The van der Waals surface area contributed by atoms with Gasteiger partial charge >= 0.3 is 0 Å². The van der Waals surface area contributed by atoms with Crippen LogP contribution >= 0.6 is 0 Å². The molecular formula is C18H30O2. The zero-order chi connectivity index (χ0) is 15.5. The lowest BCUT2D eigenvalue weighted by molar-refractivity contribution is 0.131. The minimum absolute atomic E-state index is 0.298. The second-order valence-electron chi connectivity index (χ2n) is 7.25. The van der Waals surface area contributed by atoms with Gasteiger partial charge in [0.05, 0.1) is 13.2 Å². The summed E-state index contributed by atoms with van der Waals surface area (Å²) in [6.07, 6.45) is 1.43. The number of aliphatic hydroxyl groups is 1. The largest absolute Gasteiger partial charge is 0.496 e. The highest BCUT2D eigenvalue weighted by Gasteiger charge is 2.21. The molecule has 0 aliphatic heterocycles. The lowest BCUT2D eigenvalue weighted by Gasteiger charge is -2.26. The number of benzene rings is 1. The standard InChI is InChI=1S/C18H30O2/c1-12(11-18(4,5)6)10-16(19)15-9-8-13(2)14(3)17(15)20-7/h8-9,12,16,19H,10-11H2,1-7H3. The van der Waals surface area contributed by atoms with Gasteiger partial charge in [-0.2, -0.15) is 0 Å². The maximum atomic E-state index is 10.5. The average molecular weight is 278 g/mol. The maximum Gasteiger partial charge on any atom is 0.127 e. The van der Waals surface area contributed by atoms with E-state index in [4.69, 9.17) is 4.74 Å². The Morgan fingerprint density at radius 3 is 2.30 bits per heavy atom. The van der Waals surface area contributed by atoms with Crippen LogP contribution < -0.4 is 4.74 Å². The third kappa shape index (κ3) is 4.52. The lowest BCUT2D eigenvalue weighted by Crippen LogP contribution is -2.14. The Kier molecular flexibility index (Phi) is 5.64. The predicted molar refractivity (Wildman–Crippen MR) is 85.3 cm³/mol. The summed E-state index contributed by atoms with van der Waals surface area (Å²) in [7, 11) is 1.68. The van der Waals surface area contributed by atoms with E-state index in [9.17, 15) is 5.11 Å². The molecule has 1 aromatic carbocycles. The highest BCUT2D eigenvalue weighted by atomic mass is 16.5. The molecule has 1 aromatic rings. The van der Waals surface area contributed by atoms with Crippen molar-refractivity contribution in [2.45, 2.75) is 60.5 Å². The quantitative estimate of drug-likeness (QED) is 0.837. The van der Waals surface area contributed by atoms with Crippen LogP contribution in [0, 0.1) is 25.2 Å². The van der Waals surface area contributed by atoms with Crippen LogP contribution in [0.4, 0.5) is 0 Å². The second-order valence-corrected chi connectivity index (χ2v) is 7.25. The zero-order valence-electron chi connectivity index (χ0n) is 14.1. The Morgan fingerprint density at radius 2 is 1.80 bits per heavy atom. The zero-order valence-corrected chi connectivity index (χ0v) is 14.1. The van der Waals surface area contributed by atoms with E-state index in [-0.39, 0.29) is 0 Å². The van der Waals surface area contributed by atoms with Crippen molar-refractivity contribution in [3.05, 3.63) is 28.8 Å². The van der Waals surface area contributed by atoms with E-state index in [0.717, 1.165) is 29.7 Å². The van der Waals surface area contributed by atoms with Crippen LogP contribution in [0.25, 0.3) is 0 Å². The van der Waals surface area contributed by atoms with E-state index in [1.807, 2.05) is 13.0 Å². The molecule has 0 saturated heterocycles. The Morgan fingerprint density at radius 1 is 1.20 bits per heavy atom. The summed E-state index contributed by atoms with van der Waals surface area (Å²) in [5.41, 5.74) is 3.52. The van der Waals surface area contributed by atoms with Crippen molar-refractivity contribution in [2.24, 2.45) is 11.3 Å². The summed E-state index contributed by atoms with van der Waals surface area (Å²) in [6, 6.07) is 4.06. The number of ether oxygens (including phenoxy) is 1. The molecule has 0 amide bonds. The van der Waals surface area contributed by atoms with E-state index >= 15 is 0 Å². The van der Waals surface area contributed by atoms with Crippen LogP contribution in [0.15, 0.2) is 12.1 Å². The summed E-state index contributed by atoms with van der Waals surface area (Å²) in [4.78, 5) is 0. The fourth-order valence-corrected chi connectivity index (χ4v) is 2.98.